The summed E-state index contributed by atoms with van der Waals surface area (Å²) in [6, 6.07) is 15.4. The van der Waals surface area contributed by atoms with Crippen molar-refractivity contribution in [1.29, 1.82) is 0 Å². The summed E-state index contributed by atoms with van der Waals surface area (Å²) in [7, 11) is 3.25. The Labute approximate surface area is 143 Å². The van der Waals surface area contributed by atoms with Gasteiger partial charge in [0.15, 0.2) is 11.5 Å². The number of methoxy groups -OCH3 is 2. The summed E-state index contributed by atoms with van der Waals surface area (Å²) in [6.45, 7) is 1.52. The monoisotopic (exact) mass is 331 g/mol. The predicted octanol–water partition coefficient (Wildman–Crippen LogP) is 2.28. The highest BCUT2D eigenvalue weighted by Crippen LogP contribution is 2.27. The molecule has 0 amide bonds. The summed E-state index contributed by atoms with van der Waals surface area (Å²) in [5.74, 6) is 2.22. The predicted molar refractivity (Wildman–Crippen MR) is 94.1 cm³/mol. The van der Waals surface area contributed by atoms with Crippen molar-refractivity contribution in [2.75, 3.05) is 33.9 Å². The van der Waals surface area contributed by atoms with Crippen LogP contribution in [0.15, 0.2) is 48.5 Å². The number of aliphatic hydroxyl groups is 1. The first-order valence-electron chi connectivity index (χ1n) is 8.00. The van der Waals surface area contributed by atoms with Crippen LogP contribution in [0.2, 0.25) is 0 Å². The average Bonchev–Trinajstić information content (AvgIpc) is 2.64. The van der Waals surface area contributed by atoms with E-state index in [1.165, 1.54) is 0 Å². The topological polar surface area (TPSA) is 60.0 Å². The quantitative estimate of drug-likeness (QED) is 0.654. The van der Waals surface area contributed by atoms with E-state index in [4.69, 9.17) is 14.2 Å². The second-order valence-corrected chi connectivity index (χ2v) is 5.42. The van der Waals surface area contributed by atoms with E-state index in [2.05, 4.69) is 5.32 Å². The molecule has 0 unspecified atom stereocenters. The average molecular weight is 331 g/mol. The molecule has 0 aliphatic carbocycles. The van der Waals surface area contributed by atoms with Crippen LogP contribution in [-0.2, 0) is 6.42 Å². The van der Waals surface area contributed by atoms with E-state index in [0.717, 1.165) is 35.8 Å². The molecule has 0 bridgehead atoms. The summed E-state index contributed by atoms with van der Waals surface area (Å²) in [6.07, 6.45) is 0.294. The molecule has 2 aromatic rings. The van der Waals surface area contributed by atoms with E-state index in [-0.39, 0.29) is 6.61 Å². The lowest BCUT2D eigenvalue weighted by Crippen LogP contribution is -2.32. The summed E-state index contributed by atoms with van der Waals surface area (Å²) < 4.78 is 16.0. The summed E-state index contributed by atoms with van der Waals surface area (Å²) in [5.41, 5.74) is 1.15. The molecule has 2 N–H and O–H groups in total. The Morgan fingerprint density at radius 2 is 1.75 bits per heavy atom. The molecule has 0 radical (unpaired) electrons. The largest absolute Gasteiger partial charge is 0.493 e. The molecule has 0 saturated carbocycles. The maximum absolute atomic E-state index is 9.93. The molecule has 5 nitrogen and oxygen atoms in total. The van der Waals surface area contributed by atoms with Gasteiger partial charge in [0.1, 0.15) is 18.5 Å². The molecule has 0 fully saturated rings. The minimum absolute atomic E-state index is 0.271. The first-order valence-corrected chi connectivity index (χ1v) is 8.00. The molecule has 24 heavy (non-hydrogen) atoms. The zero-order valence-electron chi connectivity index (χ0n) is 14.2. The van der Waals surface area contributed by atoms with Crippen LogP contribution in [0.3, 0.4) is 0 Å². The van der Waals surface area contributed by atoms with E-state index in [1.807, 2.05) is 48.5 Å². The van der Waals surface area contributed by atoms with Crippen molar-refractivity contribution in [3.8, 4) is 17.2 Å². The van der Waals surface area contributed by atoms with Gasteiger partial charge in [-0.3, -0.25) is 0 Å². The Bertz CT molecular complexity index is 604. The van der Waals surface area contributed by atoms with E-state index in [1.54, 1.807) is 14.2 Å². The van der Waals surface area contributed by atoms with Crippen molar-refractivity contribution in [2.24, 2.45) is 0 Å². The van der Waals surface area contributed by atoms with Crippen molar-refractivity contribution in [2.45, 2.75) is 12.5 Å². The molecular formula is C19H25NO4. The first kappa shape index (κ1) is 18.1. The molecule has 0 spiro atoms. The van der Waals surface area contributed by atoms with Crippen LogP contribution in [0.4, 0.5) is 0 Å². The van der Waals surface area contributed by atoms with Gasteiger partial charge in [0, 0.05) is 6.54 Å². The highest BCUT2D eigenvalue weighted by molar-refractivity contribution is 5.42. The van der Waals surface area contributed by atoms with Gasteiger partial charge in [0.2, 0.25) is 0 Å². The van der Waals surface area contributed by atoms with Gasteiger partial charge in [-0.05, 0) is 42.8 Å². The molecule has 2 aromatic carbocycles. The van der Waals surface area contributed by atoms with E-state index < -0.39 is 6.10 Å². The van der Waals surface area contributed by atoms with Gasteiger partial charge in [-0.1, -0.05) is 24.3 Å². The fourth-order valence-corrected chi connectivity index (χ4v) is 2.31. The summed E-state index contributed by atoms with van der Waals surface area (Å²) in [4.78, 5) is 0. The second-order valence-electron chi connectivity index (χ2n) is 5.42. The van der Waals surface area contributed by atoms with Crippen molar-refractivity contribution < 1.29 is 19.3 Å². The van der Waals surface area contributed by atoms with Crippen molar-refractivity contribution in [1.82, 2.24) is 5.32 Å². The van der Waals surface area contributed by atoms with Gasteiger partial charge in [-0.25, -0.2) is 0 Å². The van der Waals surface area contributed by atoms with Gasteiger partial charge < -0.3 is 24.6 Å². The number of ether oxygens (including phenoxy) is 3. The maximum Gasteiger partial charge on any atom is 0.160 e. The number of rotatable bonds is 10. The van der Waals surface area contributed by atoms with E-state index in [9.17, 15) is 5.11 Å². The third-order valence-electron chi connectivity index (χ3n) is 3.60. The van der Waals surface area contributed by atoms with Crippen molar-refractivity contribution in [3.05, 3.63) is 54.1 Å². The molecule has 2 rings (SSSR count). The Morgan fingerprint density at radius 1 is 1.00 bits per heavy atom. The van der Waals surface area contributed by atoms with Crippen LogP contribution in [0.5, 0.6) is 17.2 Å². The van der Waals surface area contributed by atoms with Crippen LogP contribution in [0, 0.1) is 0 Å². The Balaban J connectivity index is 1.67. The number of hydrogen-bond donors (Lipinski definition) is 2. The van der Waals surface area contributed by atoms with E-state index in [0.29, 0.717) is 6.54 Å². The lowest BCUT2D eigenvalue weighted by atomic mass is 10.1. The number of hydrogen-bond acceptors (Lipinski definition) is 5. The summed E-state index contributed by atoms with van der Waals surface area (Å²) >= 11 is 0. The maximum atomic E-state index is 9.93. The second kappa shape index (κ2) is 9.80. The zero-order chi connectivity index (χ0) is 17.2. The standard InChI is InChI=1S/C19H25NO4/c1-22-18-9-8-15(12-19(18)23-2)10-11-20-13-16(21)14-24-17-6-4-3-5-7-17/h3-9,12,16,20-21H,10-11,13-14H2,1-2H3/t16-/m1/s1. The van der Waals surface area contributed by atoms with Crippen LogP contribution in [-0.4, -0.2) is 45.1 Å². The number of nitrogens with one attached hydrogen (secondary N) is 1. The van der Waals surface area contributed by atoms with Gasteiger partial charge in [-0.15, -0.1) is 0 Å². The highest BCUT2D eigenvalue weighted by atomic mass is 16.5. The number of benzene rings is 2. The SMILES string of the molecule is COc1ccc(CCNC[C@@H](O)COc2ccccc2)cc1OC. The molecule has 1 atom stereocenters. The third-order valence-corrected chi connectivity index (χ3v) is 3.60. The van der Waals surface area contributed by atoms with Gasteiger partial charge in [-0.2, -0.15) is 0 Å². The summed E-state index contributed by atoms with van der Waals surface area (Å²) in [5, 5.41) is 13.2. The van der Waals surface area contributed by atoms with Gasteiger partial charge in [0.05, 0.1) is 14.2 Å². The molecule has 0 saturated heterocycles. The van der Waals surface area contributed by atoms with Gasteiger partial charge >= 0.3 is 0 Å². The molecular weight excluding hydrogens is 306 g/mol. The number of aliphatic hydroxyl groups excluding tert-OH is 1. The molecule has 130 valence electrons. The van der Waals surface area contributed by atoms with Crippen molar-refractivity contribution >= 4 is 0 Å². The molecule has 0 aliphatic heterocycles. The zero-order valence-corrected chi connectivity index (χ0v) is 14.2. The van der Waals surface area contributed by atoms with Gasteiger partial charge in [0.25, 0.3) is 0 Å². The fourth-order valence-electron chi connectivity index (χ4n) is 2.31. The number of para-hydroxylation sites is 1. The van der Waals surface area contributed by atoms with Crippen LogP contribution in [0.25, 0.3) is 0 Å². The van der Waals surface area contributed by atoms with Crippen molar-refractivity contribution in [3.63, 3.8) is 0 Å². The van der Waals surface area contributed by atoms with E-state index >= 15 is 0 Å². The lowest BCUT2D eigenvalue weighted by molar-refractivity contribution is 0.106. The normalized spacial score (nSPS) is 11.8. The Kier molecular flexibility index (Phi) is 7.39. The first-order chi connectivity index (χ1) is 11.7. The molecule has 5 heteroatoms. The third kappa shape index (κ3) is 5.76. The lowest BCUT2D eigenvalue weighted by Gasteiger charge is -2.14. The molecule has 0 aliphatic rings. The smallest absolute Gasteiger partial charge is 0.160 e. The highest BCUT2D eigenvalue weighted by Gasteiger charge is 2.06. The van der Waals surface area contributed by atoms with Crippen LogP contribution < -0.4 is 19.5 Å². The van der Waals surface area contributed by atoms with Crippen LogP contribution >= 0.6 is 0 Å². The fraction of sp³-hybridized carbons (Fsp3) is 0.368. The molecule has 0 heterocycles. The minimum Gasteiger partial charge on any atom is -0.493 e. The minimum atomic E-state index is -0.546. The van der Waals surface area contributed by atoms with Crippen LogP contribution in [0.1, 0.15) is 5.56 Å². The Morgan fingerprint density at radius 3 is 2.46 bits per heavy atom. The molecule has 0 aromatic heterocycles. The Hall–Kier alpha value is -2.24.